The van der Waals surface area contributed by atoms with E-state index in [9.17, 15) is 14.4 Å². The van der Waals surface area contributed by atoms with Crippen molar-refractivity contribution in [2.75, 3.05) is 20.2 Å². The highest BCUT2D eigenvalue weighted by Crippen LogP contribution is 2.29. The maximum atomic E-state index is 12.9. The Morgan fingerprint density at radius 1 is 1.18 bits per heavy atom. The van der Waals surface area contributed by atoms with E-state index in [1.807, 2.05) is 6.92 Å². The fourth-order valence-electron chi connectivity index (χ4n) is 3.46. The van der Waals surface area contributed by atoms with Crippen molar-refractivity contribution >= 4 is 18.3 Å². The van der Waals surface area contributed by atoms with Crippen LogP contribution in [0.1, 0.15) is 12.5 Å². The van der Waals surface area contributed by atoms with Gasteiger partial charge in [-0.3, -0.25) is 14.9 Å². The topological polar surface area (TPSA) is 110 Å². The Hall–Kier alpha value is -4.40. The van der Waals surface area contributed by atoms with Gasteiger partial charge in [0.15, 0.2) is 5.54 Å². The summed E-state index contributed by atoms with van der Waals surface area (Å²) < 4.78 is 10.9. The van der Waals surface area contributed by atoms with Crippen LogP contribution in [0.3, 0.4) is 0 Å². The van der Waals surface area contributed by atoms with E-state index in [1.54, 1.807) is 74.0 Å². The highest BCUT2D eigenvalue weighted by Gasteiger charge is 2.48. The van der Waals surface area contributed by atoms with Crippen LogP contribution in [0.15, 0.2) is 84.8 Å². The molecule has 1 aromatic heterocycles. The Balaban J connectivity index is 1.80. The van der Waals surface area contributed by atoms with Gasteiger partial charge in [0, 0.05) is 18.8 Å². The minimum Gasteiger partial charge on any atom is -0.497 e. The lowest BCUT2D eigenvalue weighted by atomic mass is 9.89. The average Bonchev–Trinajstić information content (AvgIpc) is 3.13. The summed E-state index contributed by atoms with van der Waals surface area (Å²) in [5.41, 5.74) is -0.359. The maximum absolute atomic E-state index is 12.9. The van der Waals surface area contributed by atoms with Gasteiger partial charge in [0.1, 0.15) is 11.5 Å². The lowest BCUT2D eigenvalue weighted by Gasteiger charge is -2.31. The minimum atomic E-state index is -1.47. The fourth-order valence-corrected chi connectivity index (χ4v) is 3.46. The molecular weight excluding hydrogens is 436 g/mol. The summed E-state index contributed by atoms with van der Waals surface area (Å²) in [4.78, 5) is 42.3. The van der Waals surface area contributed by atoms with Crippen LogP contribution < -0.4 is 15.4 Å². The number of hydrogen-bond donors (Lipinski definition) is 2. The number of nitrogens with zero attached hydrogens (tertiary/aromatic N) is 2. The SMILES string of the molecule is C=C(/C=C\C(=C/C)OC)CN(C=O)C[C@@]1(c2ccc(Oc3ccccn3)cc2)NC(=O)NC1=O. The van der Waals surface area contributed by atoms with Crippen LogP contribution in [0.2, 0.25) is 0 Å². The number of amides is 4. The third-order valence-electron chi connectivity index (χ3n) is 5.15. The largest absolute Gasteiger partial charge is 0.497 e. The summed E-state index contributed by atoms with van der Waals surface area (Å²) in [5.74, 6) is 1.02. The Kier molecular flexibility index (Phi) is 7.81. The summed E-state index contributed by atoms with van der Waals surface area (Å²) in [6.07, 6.45) is 7.47. The Bertz CT molecular complexity index is 1110. The number of nitrogens with one attached hydrogen (secondary N) is 2. The smallest absolute Gasteiger partial charge is 0.322 e. The van der Waals surface area contributed by atoms with Crippen LogP contribution in [0.5, 0.6) is 11.6 Å². The first-order chi connectivity index (χ1) is 16.4. The Morgan fingerprint density at radius 2 is 1.94 bits per heavy atom. The van der Waals surface area contributed by atoms with Crippen molar-refractivity contribution in [3.8, 4) is 11.6 Å². The van der Waals surface area contributed by atoms with Crippen LogP contribution in [-0.2, 0) is 19.9 Å². The zero-order valence-corrected chi connectivity index (χ0v) is 19.0. The van der Waals surface area contributed by atoms with E-state index in [2.05, 4.69) is 22.2 Å². The second-order valence-electron chi connectivity index (χ2n) is 7.51. The molecule has 9 heteroatoms. The number of carbonyl (C=O) groups is 3. The number of methoxy groups -OCH3 is 1. The zero-order chi connectivity index (χ0) is 24.6. The van der Waals surface area contributed by atoms with Crippen molar-refractivity contribution in [3.05, 3.63) is 90.4 Å². The molecule has 0 aliphatic carbocycles. The van der Waals surface area contributed by atoms with Gasteiger partial charge in [0.25, 0.3) is 5.91 Å². The third-order valence-corrected chi connectivity index (χ3v) is 5.15. The number of urea groups is 1. The second-order valence-corrected chi connectivity index (χ2v) is 7.51. The number of benzene rings is 1. The molecule has 2 heterocycles. The molecule has 1 aromatic carbocycles. The van der Waals surface area contributed by atoms with Crippen molar-refractivity contribution in [2.24, 2.45) is 0 Å². The molecule has 4 amide bonds. The maximum Gasteiger partial charge on any atom is 0.322 e. The van der Waals surface area contributed by atoms with E-state index >= 15 is 0 Å². The molecule has 176 valence electrons. The van der Waals surface area contributed by atoms with Crippen molar-refractivity contribution < 1.29 is 23.9 Å². The highest BCUT2D eigenvalue weighted by molar-refractivity contribution is 6.07. The summed E-state index contributed by atoms with van der Waals surface area (Å²) >= 11 is 0. The highest BCUT2D eigenvalue weighted by atomic mass is 16.5. The quantitative estimate of drug-likeness (QED) is 0.230. The van der Waals surface area contributed by atoms with Crippen LogP contribution >= 0.6 is 0 Å². The van der Waals surface area contributed by atoms with E-state index in [4.69, 9.17) is 9.47 Å². The van der Waals surface area contributed by atoms with Gasteiger partial charge >= 0.3 is 6.03 Å². The van der Waals surface area contributed by atoms with Gasteiger partial charge < -0.3 is 19.7 Å². The number of rotatable bonds is 11. The van der Waals surface area contributed by atoms with Gasteiger partial charge in [-0.1, -0.05) is 30.9 Å². The first-order valence-corrected chi connectivity index (χ1v) is 10.5. The number of pyridine rings is 1. The fraction of sp³-hybridized carbons (Fsp3) is 0.200. The molecule has 0 bridgehead atoms. The molecule has 1 aliphatic heterocycles. The molecular formula is C25H26N4O5. The monoisotopic (exact) mass is 462 g/mol. The van der Waals surface area contributed by atoms with Gasteiger partial charge in [0.2, 0.25) is 12.3 Å². The Labute approximate surface area is 197 Å². The molecule has 34 heavy (non-hydrogen) atoms. The lowest BCUT2D eigenvalue weighted by molar-refractivity contribution is -0.126. The number of imide groups is 1. The molecule has 0 saturated carbocycles. The van der Waals surface area contributed by atoms with Crippen molar-refractivity contribution in [2.45, 2.75) is 12.5 Å². The molecule has 2 aromatic rings. The number of allylic oxidation sites excluding steroid dienone is 2. The van der Waals surface area contributed by atoms with Crippen LogP contribution in [0.4, 0.5) is 4.79 Å². The summed E-state index contributed by atoms with van der Waals surface area (Å²) in [5, 5.41) is 4.94. The number of ether oxygens (including phenoxy) is 2. The number of aromatic nitrogens is 1. The van der Waals surface area contributed by atoms with Crippen molar-refractivity contribution in [1.82, 2.24) is 20.5 Å². The molecule has 9 nitrogen and oxygen atoms in total. The Morgan fingerprint density at radius 3 is 2.50 bits per heavy atom. The number of carbonyl (C=O) groups excluding carboxylic acids is 3. The van der Waals surface area contributed by atoms with E-state index in [1.165, 1.54) is 4.90 Å². The van der Waals surface area contributed by atoms with Gasteiger partial charge in [-0.15, -0.1) is 0 Å². The van der Waals surface area contributed by atoms with E-state index in [0.29, 0.717) is 34.9 Å². The molecule has 1 atom stereocenters. The van der Waals surface area contributed by atoms with Gasteiger partial charge in [0.05, 0.1) is 13.7 Å². The van der Waals surface area contributed by atoms with Gasteiger partial charge in [-0.2, -0.15) is 0 Å². The zero-order valence-electron chi connectivity index (χ0n) is 19.0. The molecule has 0 radical (unpaired) electrons. The van der Waals surface area contributed by atoms with Crippen molar-refractivity contribution in [3.63, 3.8) is 0 Å². The molecule has 2 N–H and O–H groups in total. The first kappa shape index (κ1) is 24.2. The van der Waals surface area contributed by atoms with Crippen molar-refractivity contribution in [1.29, 1.82) is 0 Å². The van der Waals surface area contributed by atoms with Gasteiger partial charge in [-0.25, -0.2) is 9.78 Å². The van der Waals surface area contributed by atoms with E-state index < -0.39 is 17.5 Å². The standard InChI is InChI=1S/C25H26N4O5/c1-4-20(33-3)11-8-18(2)15-29(17-30)16-25(23(31)27-24(32)28-25)19-9-12-21(13-10-19)34-22-7-5-6-14-26-22/h4-14,17H,2,15-16H2,1,3H3,(H2,27,28,31,32)/b11-8-,20-4+/t25-/m0/s1. The molecule has 3 rings (SSSR count). The van der Waals surface area contributed by atoms with E-state index in [-0.39, 0.29) is 13.1 Å². The average molecular weight is 463 g/mol. The van der Waals surface area contributed by atoms with Crippen LogP contribution in [0, 0.1) is 0 Å². The predicted octanol–water partition coefficient (Wildman–Crippen LogP) is 3.03. The molecule has 0 unspecified atom stereocenters. The third kappa shape index (κ3) is 5.69. The van der Waals surface area contributed by atoms with Crippen LogP contribution in [-0.4, -0.2) is 48.4 Å². The summed E-state index contributed by atoms with van der Waals surface area (Å²) in [7, 11) is 1.55. The summed E-state index contributed by atoms with van der Waals surface area (Å²) in [6, 6.07) is 11.3. The normalized spacial score (nSPS) is 17.8. The van der Waals surface area contributed by atoms with Gasteiger partial charge in [-0.05, 0) is 48.4 Å². The molecule has 1 saturated heterocycles. The molecule has 0 spiro atoms. The molecule has 1 fully saturated rings. The predicted molar refractivity (Wildman–Crippen MR) is 126 cm³/mol. The number of hydrogen-bond acceptors (Lipinski definition) is 6. The summed E-state index contributed by atoms with van der Waals surface area (Å²) in [6.45, 7) is 5.84. The molecule has 1 aliphatic rings. The van der Waals surface area contributed by atoms with E-state index in [0.717, 1.165) is 0 Å². The first-order valence-electron chi connectivity index (χ1n) is 10.5. The minimum absolute atomic E-state index is 0.0951. The van der Waals surface area contributed by atoms with Crippen LogP contribution in [0.25, 0.3) is 0 Å². The lowest BCUT2D eigenvalue weighted by Crippen LogP contribution is -2.52. The second kappa shape index (κ2) is 11.0.